The summed E-state index contributed by atoms with van der Waals surface area (Å²) in [6.07, 6.45) is 0.519. The van der Waals surface area contributed by atoms with E-state index in [-0.39, 0.29) is 17.4 Å². The van der Waals surface area contributed by atoms with Crippen LogP contribution in [0.15, 0.2) is 45.3 Å². The molecule has 10 heteroatoms. The zero-order valence-corrected chi connectivity index (χ0v) is 19.1. The number of thiophene rings is 1. The van der Waals surface area contributed by atoms with E-state index >= 15 is 0 Å². The summed E-state index contributed by atoms with van der Waals surface area (Å²) in [7, 11) is 1.61. The topological polar surface area (TPSA) is 86.1 Å². The van der Waals surface area contributed by atoms with Crippen molar-refractivity contribution in [2.24, 2.45) is 0 Å². The third-order valence-corrected chi connectivity index (χ3v) is 6.53. The quantitative estimate of drug-likeness (QED) is 0.360. The lowest BCUT2D eigenvalue weighted by atomic mass is 10.3. The Morgan fingerprint density at radius 3 is 2.59 bits per heavy atom. The molecular weight excluding hydrogens is 476 g/mol. The van der Waals surface area contributed by atoms with E-state index in [0.717, 1.165) is 15.2 Å². The van der Waals surface area contributed by atoms with Gasteiger partial charge in [-0.2, -0.15) is 0 Å². The Hall–Kier alpha value is -2.17. The molecule has 0 bridgehead atoms. The Balaban J connectivity index is 1.82. The van der Waals surface area contributed by atoms with Crippen LogP contribution in [0.1, 0.15) is 22.4 Å². The number of nitrogens with zero attached hydrogens (tertiary/aromatic N) is 3. The second kappa shape index (κ2) is 10.0. The van der Waals surface area contributed by atoms with Crippen LogP contribution >= 0.6 is 39.0 Å². The number of ketones is 1. The van der Waals surface area contributed by atoms with E-state index in [1.54, 1.807) is 7.11 Å². The number of ether oxygens (including phenoxy) is 1. The van der Waals surface area contributed by atoms with Gasteiger partial charge in [-0.05, 0) is 52.3 Å². The van der Waals surface area contributed by atoms with Crippen molar-refractivity contribution >= 4 is 50.7 Å². The summed E-state index contributed by atoms with van der Waals surface area (Å²) >= 11 is 6.13. The average molecular weight is 495 g/mol. The lowest BCUT2D eigenvalue weighted by Crippen LogP contribution is -2.23. The van der Waals surface area contributed by atoms with E-state index in [0.29, 0.717) is 28.8 Å². The van der Waals surface area contributed by atoms with E-state index in [1.165, 1.54) is 30.0 Å². The number of hydrogen-bond acceptors (Lipinski definition) is 7. The van der Waals surface area contributed by atoms with Gasteiger partial charge in [0.1, 0.15) is 11.6 Å². The summed E-state index contributed by atoms with van der Waals surface area (Å²) in [5.41, 5.74) is 0.863. The number of thioether (sulfide) groups is 1. The molecule has 0 spiro atoms. The van der Waals surface area contributed by atoms with Gasteiger partial charge in [-0.25, -0.2) is 0 Å². The fourth-order valence-corrected chi connectivity index (χ4v) is 4.83. The molecule has 3 aromatic rings. The molecular formula is C19H19BrN4O3S2. The van der Waals surface area contributed by atoms with Gasteiger partial charge in [-0.3, -0.25) is 14.2 Å². The van der Waals surface area contributed by atoms with E-state index in [1.807, 2.05) is 41.0 Å². The number of Topliss-reactive ketones (excluding diaryl/α,β-unsaturated/α-hetero) is 1. The van der Waals surface area contributed by atoms with Crippen molar-refractivity contribution in [2.45, 2.75) is 18.5 Å². The van der Waals surface area contributed by atoms with Crippen molar-refractivity contribution in [2.75, 3.05) is 19.4 Å². The number of aromatic nitrogens is 3. The normalized spacial score (nSPS) is 10.7. The molecule has 2 heterocycles. The molecule has 1 aromatic carbocycles. The number of carbonyl (C=O) groups is 2. The second-order valence-electron chi connectivity index (χ2n) is 5.98. The Morgan fingerprint density at radius 2 is 1.97 bits per heavy atom. The molecule has 0 fully saturated rings. The van der Waals surface area contributed by atoms with Crippen LogP contribution in [0.25, 0.3) is 5.69 Å². The van der Waals surface area contributed by atoms with Gasteiger partial charge in [-0.15, -0.1) is 21.5 Å². The Bertz CT molecular complexity index is 1000. The zero-order valence-electron chi connectivity index (χ0n) is 15.8. The molecule has 0 saturated heterocycles. The summed E-state index contributed by atoms with van der Waals surface area (Å²) < 4.78 is 8.06. The molecule has 0 saturated carbocycles. The number of amides is 1. The SMILES string of the molecule is COc1ccc(-n2c(CCNC(C)=O)nnc2SCC(=O)c2ccc(Br)s2)cc1. The van der Waals surface area contributed by atoms with Gasteiger partial charge in [-0.1, -0.05) is 11.8 Å². The third-order valence-electron chi connectivity index (χ3n) is 3.93. The van der Waals surface area contributed by atoms with Crippen molar-refractivity contribution < 1.29 is 14.3 Å². The third kappa shape index (κ3) is 5.68. The number of rotatable bonds is 9. The van der Waals surface area contributed by atoms with Crippen LogP contribution in [0, 0.1) is 0 Å². The minimum atomic E-state index is -0.0946. The highest BCUT2D eigenvalue weighted by molar-refractivity contribution is 9.11. The van der Waals surface area contributed by atoms with Crippen molar-refractivity contribution in [1.82, 2.24) is 20.1 Å². The first-order valence-electron chi connectivity index (χ1n) is 8.72. The molecule has 0 aliphatic heterocycles. The lowest BCUT2D eigenvalue weighted by Gasteiger charge is -2.11. The molecule has 0 atom stereocenters. The molecule has 0 unspecified atom stereocenters. The number of methoxy groups -OCH3 is 1. The summed E-state index contributed by atoms with van der Waals surface area (Å²) in [6.45, 7) is 1.93. The molecule has 0 radical (unpaired) electrons. The van der Waals surface area contributed by atoms with Crippen LogP contribution in [0.3, 0.4) is 0 Å². The van der Waals surface area contributed by atoms with Gasteiger partial charge in [0.25, 0.3) is 0 Å². The molecule has 0 aliphatic rings. The van der Waals surface area contributed by atoms with Gasteiger partial charge in [0.2, 0.25) is 5.91 Å². The Morgan fingerprint density at radius 1 is 1.21 bits per heavy atom. The summed E-state index contributed by atoms with van der Waals surface area (Å²) in [4.78, 5) is 24.3. The van der Waals surface area contributed by atoms with Crippen LogP contribution in [-0.4, -0.2) is 45.9 Å². The largest absolute Gasteiger partial charge is 0.497 e. The zero-order chi connectivity index (χ0) is 20.8. The number of halogens is 1. The number of benzene rings is 1. The van der Waals surface area contributed by atoms with Crippen LogP contribution in [0.5, 0.6) is 5.75 Å². The van der Waals surface area contributed by atoms with Gasteiger partial charge in [0.05, 0.1) is 21.5 Å². The Kier molecular flexibility index (Phi) is 7.45. The van der Waals surface area contributed by atoms with Crippen LogP contribution < -0.4 is 10.1 Å². The van der Waals surface area contributed by atoms with E-state index in [2.05, 4.69) is 31.4 Å². The molecule has 29 heavy (non-hydrogen) atoms. The summed E-state index contributed by atoms with van der Waals surface area (Å²) in [6, 6.07) is 11.2. The maximum atomic E-state index is 12.5. The first-order valence-corrected chi connectivity index (χ1v) is 11.3. The average Bonchev–Trinajstić information content (AvgIpc) is 3.32. The van der Waals surface area contributed by atoms with Crippen LogP contribution in [0.2, 0.25) is 0 Å². The molecule has 7 nitrogen and oxygen atoms in total. The second-order valence-corrected chi connectivity index (χ2v) is 9.39. The first-order chi connectivity index (χ1) is 14.0. The van der Waals surface area contributed by atoms with E-state index in [9.17, 15) is 9.59 Å². The number of nitrogens with one attached hydrogen (secondary N) is 1. The van der Waals surface area contributed by atoms with Crippen molar-refractivity contribution in [3.8, 4) is 11.4 Å². The molecule has 152 valence electrons. The fraction of sp³-hybridized carbons (Fsp3) is 0.263. The predicted molar refractivity (Wildman–Crippen MR) is 117 cm³/mol. The molecule has 1 amide bonds. The van der Waals surface area contributed by atoms with Crippen LogP contribution in [0.4, 0.5) is 0 Å². The molecule has 1 N–H and O–H groups in total. The monoisotopic (exact) mass is 494 g/mol. The molecule has 3 rings (SSSR count). The van der Waals surface area contributed by atoms with E-state index in [4.69, 9.17) is 4.74 Å². The van der Waals surface area contributed by atoms with Gasteiger partial charge in [0, 0.05) is 25.6 Å². The summed E-state index contributed by atoms with van der Waals surface area (Å²) in [5, 5.41) is 12.0. The smallest absolute Gasteiger partial charge is 0.216 e. The van der Waals surface area contributed by atoms with Crippen molar-refractivity contribution in [1.29, 1.82) is 0 Å². The highest BCUT2D eigenvalue weighted by atomic mass is 79.9. The minimum absolute atomic E-state index is 0.0368. The molecule has 0 aliphatic carbocycles. The number of hydrogen-bond donors (Lipinski definition) is 1. The lowest BCUT2D eigenvalue weighted by molar-refractivity contribution is -0.118. The maximum absolute atomic E-state index is 12.5. The van der Waals surface area contributed by atoms with Crippen molar-refractivity contribution in [3.05, 3.63) is 50.9 Å². The van der Waals surface area contributed by atoms with Crippen molar-refractivity contribution in [3.63, 3.8) is 0 Å². The highest BCUT2D eigenvalue weighted by Gasteiger charge is 2.17. The predicted octanol–water partition coefficient (Wildman–Crippen LogP) is 3.75. The van der Waals surface area contributed by atoms with Crippen LogP contribution in [-0.2, 0) is 11.2 Å². The van der Waals surface area contributed by atoms with Gasteiger partial charge >= 0.3 is 0 Å². The fourth-order valence-electron chi connectivity index (χ4n) is 2.56. The molecule has 2 aromatic heterocycles. The highest BCUT2D eigenvalue weighted by Crippen LogP contribution is 2.27. The van der Waals surface area contributed by atoms with E-state index < -0.39 is 0 Å². The Labute approximate surface area is 185 Å². The summed E-state index contributed by atoms with van der Waals surface area (Å²) in [5.74, 6) is 1.65. The minimum Gasteiger partial charge on any atom is -0.497 e. The first kappa shape index (κ1) is 21.5. The van der Waals surface area contributed by atoms with Gasteiger partial charge in [0.15, 0.2) is 10.9 Å². The number of carbonyl (C=O) groups excluding carboxylic acids is 2. The maximum Gasteiger partial charge on any atom is 0.216 e. The standard InChI is InChI=1S/C19H19BrN4O3S2/c1-12(25)21-10-9-18-22-23-19(24(18)13-3-5-14(27-2)6-4-13)28-11-15(26)16-7-8-17(20)29-16/h3-8H,9-11H2,1-2H3,(H,21,25). The van der Waals surface area contributed by atoms with Gasteiger partial charge < -0.3 is 10.1 Å².